The largest absolute Gasteiger partial charge is 0.330 e. The maximum atomic E-state index is 10.3. The monoisotopic (exact) mass is 263 g/mol. The number of carbonyl (C=O) groups excluding carboxylic acids is 1. The van der Waals surface area contributed by atoms with Gasteiger partial charge in [-0.1, -0.05) is 36.4 Å². The summed E-state index contributed by atoms with van der Waals surface area (Å²) in [4.78, 5) is 14.7. The van der Waals surface area contributed by atoms with E-state index >= 15 is 0 Å². The summed E-state index contributed by atoms with van der Waals surface area (Å²) in [6.07, 6.45) is 5.12. The molecule has 3 rings (SSSR count). The Hall–Kier alpha value is -2.42. The van der Waals surface area contributed by atoms with E-state index in [1.807, 2.05) is 42.9 Å². The van der Waals surface area contributed by atoms with E-state index in [0.717, 1.165) is 24.0 Å². The molecule has 0 fully saturated rings. The summed E-state index contributed by atoms with van der Waals surface area (Å²) in [6, 6.07) is 16.3. The lowest BCUT2D eigenvalue weighted by atomic mass is 10.1. The summed E-state index contributed by atoms with van der Waals surface area (Å²) in [5, 5.41) is 0. The molecule has 0 unspecified atom stereocenters. The quantitative estimate of drug-likeness (QED) is 0.709. The van der Waals surface area contributed by atoms with Crippen molar-refractivity contribution in [3.63, 3.8) is 0 Å². The first kappa shape index (κ1) is 12.6. The van der Waals surface area contributed by atoms with E-state index < -0.39 is 0 Å². The fourth-order valence-electron chi connectivity index (χ4n) is 2.35. The Balaban J connectivity index is 1.71. The van der Waals surface area contributed by atoms with Crippen molar-refractivity contribution >= 4 is 17.3 Å². The minimum Gasteiger partial charge on any atom is -0.330 e. The zero-order valence-electron chi connectivity index (χ0n) is 11.1. The Labute approximate surface area is 117 Å². The molecule has 0 atom stereocenters. The molecule has 0 spiro atoms. The standard InChI is InChI=1S/C17H15N2O/c20-12-10-15-7-5-14(6-8-15)9-11-19-13-18-16-3-1-2-4-17(16)19/h1-8,13H,9-11H2. The Morgan fingerprint density at radius 3 is 2.55 bits per heavy atom. The molecule has 0 aliphatic carbocycles. The minimum atomic E-state index is 0.367. The average molecular weight is 263 g/mol. The normalized spacial score (nSPS) is 10.8. The van der Waals surface area contributed by atoms with Gasteiger partial charge in [-0.25, -0.2) is 4.98 Å². The molecular formula is C17H15N2O. The molecule has 2 aromatic carbocycles. The molecule has 3 nitrogen and oxygen atoms in total. The van der Waals surface area contributed by atoms with Crippen LogP contribution in [0.25, 0.3) is 11.0 Å². The van der Waals surface area contributed by atoms with Crippen LogP contribution in [0.5, 0.6) is 0 Å². The van der Waals surface area contributed by atoms with Gasteiger partial charge in [0, 0.05) is 13.0 Å². The molecule has 1 radical (unpaired) electrons. The van der Waals surface area contributed by atoms with Crippen LogP contribution < -0.4 is 0 Å². The van der Waals surface area contributed by atoms with Crippen LogP contribution >= 0.6 is 0 Å². The zero-order chi connectivity index (χ0) is 13.8. The molecule has 1 aromatic heterocycles. The maximum absolute atomic E-state index is 10.3. The van der Waals surface area contributed by atoms with Crippen molar-refractivity contribution in [3.05, 3.63) is 66.0 Å². The molecule has 0 aliphatic heterocycles. The van der Waals surface area contributed by atoms with Gasteiger partial charge in [0.25, 0.3) is 0 Å². The average Bonchev–Trinajstić information content (AvgIpc) is 2.90. The Morgan fingerprint density at radius 1 is 1.00 bits per heavy atom. The lowest BCUT2D eigenvalue weighted by Crippen LogP contribution is -2.00. The SMILES string of the molecule is O=[C]Cc1ccc(CCn2cnc3ccccc32)cc1. The smallest absolute Gasteiger partial charge is 0.203 e. The molecule has 0 N–H and O–H groups in total. The molecule has 1 heterocycles. The van der Waals surface area contributed by atoms with Gasteiger partial charge in [-0.3, -0.25) is 4.79 Å². The third-order valence-electron chi connectivity index (χ3n) is 3.47. The van der Waals surface area contributed by atoms with E-state index in [9.17, 15) is 4.79 Å². The fraction of sp³-hybridized carbons (Fsp3) is 0.176. The molecule has 3 heteroatoms. The van der Waals surface area contributed by atoms with E-state index in [2.05, 4.69) is 27.8 Å². The summed E-state index contributed by atoms with van der Waals surface area (Å²) in [7, 11) is 0. The van der Waals surface area contributed by atoms with Crippen LogP contribution in [0, 0.1) is 0 Å². The van der Waals surface area contributed by atoms with Gasteiger partial charge in [-0.15, -0.1) is 0 Å². The van der Waals surface area contributed by atoms with Crippen molar-refractivity contribution in [1.82, 2.24) is 9.55 Å². The lowest BCUT2D eigenvalue weighted by Gasteiger charge is -2.05. The Bertz CT molecular complexity index is 713. The van der Waals surface area contributed by atoms with E-state index in [1.165, 1.54) is 11.1 Å². The van der Waals surface area contributed by atoms with Crippen LogP contribution in [-0.2, 0) is 24.2 Å². The fourth-order valence-corrected chi connectivity index (χ4v) is 2.35. The van der Waals surface area contributed by atoms with Crippen LogP contribution in [0.15, 0.2) is 54.9 Å². The van der Waals surface area contributed by atoms with E-state index in [0.29, 0.717) is 6.42 Å². The number of aryl methyl sites for hydroxylation is 2. The van der Waals surface area contributed by atoms with Crippen LogP contribution in [-0.4, -0.2) is 15.8 Å². The lowest BCUT2D eigenvalue weighted by molar-refractivity contribution is 0.555. The molecule has 0 amide bonds. The van der Waals surface area contributed by atoms with Crippen LogP contribution in [0.2, 0.25) is 0 Å². The van der Waals surface area contributed by atoms with Gasteiger partial charge in [0.15, 0.2) is 0 Å². The predicted octanol–water partition coefficient (Wildman–Crippen LogP) is 2.93. The third kappa shape index (κ3) is 2.62. The number of benzene rings is 2. The van der Waals surface area contributed by atoms with E-state index in [4.69, 9.17) is 0 Å². The van der Waals surface area contributed by atoms with Crippen LogP contribution in [0.3, 0.4) is 0 Å². The number of imidazole rings is 1. The summed E-state index contributed by atoms with van der Waals surface area (Å²) in [5.74, 6) is 0. The molecular weight excluding hydrogens is 248 g/mol. The van der Waals surface area contributed by atoms with Gasteiger partial charge in [-0.05, 0) is 29.7 Å². The number of rotatable bonds is 5. The first-order valence-electron chi connectivity index (χ1n) is 6.69. The van der Waals surface area contributed by atoms with Gasteiger partial charge < -0.3 is 4.57 Å². The van der Waals surface area contributed by atoms with E-state index in [1.54, 1.807) is 0 Å². The summed E-state index contributed by atoms with van der Waals surface area (Å²) >= 11 is 0. The van der Waals surface area contributed by atoms with Crippen molar-refractivity contribution in [1.29, 1.82) is 0 Å². The van der Waals surface area contributed by atoms with Crippen LogP contribution in [0.1, 0.15) is 11.1 Å². The number of para-hydroxylation sites is 2. The zero-order valence-corrected chi connectivity index (χ0v) is 11.1. The molecule has 0 saturated heterocycles. The number of fused-ring (bicyclic) bond motifs is 1. The van der Waals surface area contributed by atoms with E-state index in [-0.39, 0.29) is 0 Å². The van der Waals surface area contributed by atoms with Gasteiger partial charge in [0.1, 0.15) is 0 Å². The molecule has 0 saturated carbocycles. The number of hydrogen-bond donors (Lipinski definition) is 0. The summed E-state index contributed by atoms with van der Waals surface area (Å²) < 4.78 is 2.17. The number of nitrogens with zero attached hydrogens (tertiary/aromatic N) is 2. The van der Waals surface area contributed by atoms with Gasteiger partial charge in [0.2, 0.25) is 6.29 Å². The third-order valence-corrected chi connectivity index (χ3v) is 3.47. The Kier molecular flexibility index (Phi) is 3.59. The maximum Gasteiger partial charge on any atom is 0.203 e. The molecule has 0 aliphatic rings. The molecule has 3 aromatic rings. The van der Waals surface area contributed by atoms with Crippen molar-refractivity contribution in [2.45, 2.75) is 19.4 Å². The topological polar surface area (TPSA) is 34.9 Å². The highest BCUT2D eigenvalue weighted by molar-refractivity contribution is 5.74. The second-order valence-corrected chi connectivity index (χ2v) is 4.81. The number of aromatic nitrogens is 2. The predicted molar refractivity (Wildman–Crippen MR) is 79.3 cm³/mol. The highest BCUT2D eigenvalue weighted by Crippen LogP contribution is 2.13. The van der Waals surface area contributed by atoms with Crippen molar-refractivity contribution in [3.8, 4) is 0 Å². The second kappa shape index (κ2) is 5.70. The van der Waals surface area contributed by atoms with Crippen LogP contribution in [0.4, 0.5) is 0 Å². The Morgan fingerprint density at radius 2 is 1.75 bits per heavy atom. The number of hydrogen-bond acceptors (Lipinski definition) is 2. The molecule has 20 heavy (non-hydrogen) atoms. The first-order valence-corrected chi connectivity index (χ1v) is 6.69. The highest BCUT2D eigenvalue weighted by Gasteiger charge is 2.01. The van der Waals surface area contributed by atoms with Crippen molar-refractivity contribution in [2.24, 2.45) is 0 Å². The summed E-state index contributed by atoms with van der Waals surface area (Å²) in [5.41, 5.74) is 4.47. The van der Waals surface area contributed by atoms with Crippen molar-refractivity contribution < 1.29 is 4.79 Å². The van der Waals surface area contributed by atoms with Crippen molar-refractivity contribution in [2.75, 3.05) is 0 Å². The highest BCUT2D eigenvalue weighted by atomic mass is 16.1. The second-order valence-electron chi connectivity index (χ2n) is 4.81. The van der Waals surface area contributed by atoms with Gasteiger partial charge in [-0.2, -0.15) is 0 Å². The molecule has 99 valence electrons. The van der Waals surface area contributed by atoms with Gasteiger partial charge in [0.05, 0.1) is 17.4 Å². The van der Waals surface area contributed by atoms with Gasteiger partial charge >= 0.3 is 0 Å². The molecule has 0 bridgehead atoms. The summed E-state index contributed by atoms with van der Waals surface area (Å²) in [6.45, 7) is 0.902. The minimum absolute atomic E-state index is 0.367. The first-order chi connectivity index (χ1) is 9.86.